The number of nitrogens with zero attached hydrogens (tertiary/aromatic N) is 1. The summed E-state index contributed by atoms with van der Waals surface area (Å²) in [5.41, 5.74) is 3.76. The van der Waals surface area contributed by atoms with Gasteiger partial charge >= 0.3 is 0 Å². The molecule has 0 amide bonds. The summed E-state index contributed by atoms with van der Waals surface area (Å²) in [5.74, 6) is 0. The summed E-state index contributed by atoms with van der Waals surface area (Å²) in [5, 5.41) is 5.64. The molecule has 1 saturated heterocycles. The molecule has 1 aliphatic rings. The molecule has 2 heterocycles. The molecular weight excluding hydrogens is 246 g/mol. The smallest absolute Gasteiger partial charge is 0.0473 e. The molecule has 4 heteroatoms. The zero-order valence-electron chi connectivity index (χ0n) is 10.8. The number of aromatic amines is 1. The molecule has 18 heavy (non-hydrogen) atoms. The van der Waals surface area contributed by atoms with Crippen molar-refractivity contribution in [3.05, 3.63) is 34.5 Å². The van der Waals surface area contributed by atoms with Gasteiger partial charge in [-0.1, -0.05) is 11.6 Å². The third-order valence-corrected chi connectivity index (χ3v) is 3.96. The molecule has 3 nitrogen and oxygen atoms in total. The van der Waals surface area contributed by atoms with E-state index in [9.17, 15) is 0 Å². The number of halogens is 1. The van der Waals surface area contributed by atoms with Gasteiger partial charge in [-0.05, 0) is 37.7 Å². The van der Waals surface area contributed by atoms with Crippen molar-refractivity contribution in [2.24, 2.45) is 0 Å². The first-order chi connectivity index (χ1) is 8.65. The summed E-state index contributed by atoms with van der Waals surface area (Å²) < 4.78 is 0. The Bertz CT molecular complexity index is 576. The van der Waals surface area contributed by atoms with Gasteiger partial charge < -0.3 is 15.2 Å². The number of fused-ring (bicyclic) bond motifs is 1. The van der Waals surface area contributed by atoms with Crippen LogP contribution < -0.4 is 5.32 Å². The molecule has 96 valence electrons. The quantitative estimate of drug-likeness (QED) is 0.829. The van der Waals surface area contributed by atoms with Gasteiger partial charge in [-0.2, -0.15) is 0 Å². The zero-order chi connectivity index (χ0) is 12.7. The Labute approximate surface area is 112 Å². The second kappa shape index (κ2) is 4.57. The van der Waals surface area contributed by atoms with Gasteiger partial charge in [0.15, 0.2) is 0 Å². The van der Waals surface area contributed by atoms with Crippen LogP contribution in [0.5, 0.6) is 0 Å². The van der Waals surface area contributed by atoms with Crippen LogP contribution in [0.1, 0.15) is 17.3 Å². The monoisotopic (exact) mass is 263 g/mol. The Morgan fingerprint density at radius 2 is 2.22 bits per heavy atom. The van der Waals surface area contributed by atoms with Gasteiger partial charge in [0.25, 0.3) is 0 Å². The summed E-state index contributed by atoms with van der Waals surface area (Å²) >= 11 is 6.12. The predicted molar refractivity (Wildman–Crippen MR) is 76.3 cm³/mol. The first-order valence-corrected chi connectivity index (χ1v) is 6.72. The lowest BCUT2D eigenvalue weighted by Gasteiger charge is -2.31. The lowest BCUT2D eigenvalue weighted by Crippen LogP contribution is -2.43. The number of nitrogens with one attached hydrogen (secondary N) is 2. The van der Waals surface area contributed by atoms with Crippen LogP contribution in [0, 0.1) is 6.92 Å². The third-order valence-electron chi connectivity index (χ3n) is 3.72. The van der Waals surface area contributed by atoms with Crippen molar-refractivity contribution in [2.75, 3.05) is 26.7 Å². The fourth-order valence-corrected chi connectivity index (χ4v) is 3.03. The van der Waals surface area contributed by atoms with Crippen molar-refractivity contribution in [1.29, 1.82) is 0 Å². The highest BCUT2D eigenvalue weighted by atomic mass is 35.5. The minimum absolute atomic E-state index is 0.385. The maximum absolute atomic E-state index is 6.12. The highest BCUT2D eigenvalue weighted by Crippen LogP contribution is 2.31. The van der Waals surface area contributed by atoms with Crippen LogP contribution in [0.4, 0.5) is 0 Å². The number of aryl methyl sites for hydroxylation is 1. The minimum atomic E-state index is 0.385. The van der Waals surface area contributed by atoms with Crippen LogP contribution in [-0.4, -0.2) is 36.6 Å². The Kier molecular flexibility index (Phi) is 3.06. The molecule has 3 rings (SSSR count). The van der Waals surface area contributed by atoms with Gasteiger partial charge in [-0.25, -0.2) is 0 Å². The van der Waals surface area contributed by atoms with E-state index in [0.717, 1.165) is 24.7 Å². The number of aromatic nitrogens is 1. The SMILES string of the molecule is Cc1[nH]c2ccc(Cl)cc2c1C1CN(C)CCN1. The van der Waals surface area contributed by atoms with E-state index in [-0.39, 0.29) is 0 Å². The highest BCUT2D eigenvalue weighted by Gasteiger charge is 2.23. The second-order valence-corrected chi connectivity index (χ2v) is 5.56. The molecular formula is C14H18ClN3. The molecule has 1 aromatic carbocycles. The Morgan fingerprint density at radius 1 is 1.39 bits per heavy atom. The maximum atomic E-state index is 6.12. The topological polar surface area (TPSA) is 31.1 Å². The molecule has 0 aliphatic carbocycles. The first-order valence-electron chi connectivity index (χ1n) is 6.35. The maximum Gasteiger partial charge on any atom is 0.0473 e. The van der Waals surface area contributed by atoms with Crippen molar-refractivity contribution in [3.63, 3.8) is 0 Å². The van der Waals surface area contributed by atoms with E-state index in [0.29, 0.717) is 6.04 Å². The second-order valence-electron chi connectivity index (χ2n) is 5.12. The van der Waals surface area contributed by atoms with Crippen molar-refractivity contribution >= 4 is 22.5 Å². The first kappa shape index (κ1) is 12.0. The summed E-state index contributed by atoms with van der Waals surface area (Å²) in [6, 6.07) is 6.44. The minimum Gasteiger partial charge on any atom is -0.358 e. The van der Waals surface area contributed by atoms with E-state index < -0.39 is 0 Å². The summed E-state index contributed by atoms with van der Waals surface area (Å²) in [6.07, 6.45) is 0. The molecule has 0 bridgehead atoms. The van der Waals surface area contributed by atoms with Crippen molar-refractivity contribution in [2.45, 2.75) is 13.0 Å². The summed E-state index contributed by atoms with van der Waals surface area (Å²) in [7, 11) is 2.17. The fourth-order valence-electron chi connectivity index (χ4n) is 2.86. The van der Waals surface area contributed by atoms with Crippen molar-refractivity contribution < 1.29 is 0 Å². The number of hydrogen-bond acceptors (Lipinski definition) is 2. The number of benzene rings is 1. The van der Waals surface area contributed by atoms with E-state index in [1.165, 1.54) is 22.2 Å². The van der Waals surface area contributed by atoms with E-state index >= 15 is 0 Å². The molecule has 1 atom stereocenters. The third kappa shape index (κ3) is 2.03. The van der Waals surface area contributed by atoms with Crippen LogP contribution in [0.15, 0.2) is 18.2 Å². The van der Waals surface area contributed by atoms with E-state index in [2.05, 4.69) is 41.3 Å². The van der Waals surface area contributed by atoms with E-state index in [1.54, 1.807) is 0 Å². The Hall–Kier alpha value is -1.03. The van der Waals surface area contributed by atoms with E-state index in [4.69, 9.17) is 11.6 Å². The van der Waals surface area contributed by atoms with Crippen LogP contribution in [0.25, 0.3) is 10.9 Å². The summed E-state index contributed by atoms with van der Waals surface area (Å²) in [6.45, 7) is 5.33. The summed E-state index contributed by atoms with van der Waals surface area (Å²) in [4.78, 5) is 5.81. The van der Waals surface area contributed by atoms with Crippen LogP contribution in [-0.2, 0) is 0 Å². The average molecular weight is 264 g/mol. The van der Waals surface area contributed by atoms with Gasteiger partial charge in [0, 0.05) is 47.3 Å². The van der Waals surface area contributed by atoms with E-state index in [1.807, 2.05) is 6.07 Å². The zero-order valence-corrected chi connectivity index (χ0v) is 11.5. The van der Waals surface area contributed by atoms with Crippen molar-refractivity contribution in [1.82, 2.24) is 15.2 Å². The van der Waals surface area contributed by atoms with Gasteiger partial charge in [0.2, 0.25) is 0 Å². The van der Waals surface area contributed by atoms with Crippen LogP contribution in [0.2, 0.25) is 5.02 Å². The Morgan fingerprint density at radius 3 is 3.00 bits per heavy atom. The Balaban J connectivity index is 2.09. The molecule has 1 fully saturated rings. The molecule has 2 N–H and O–H groups in total. The molecule has 0 radical (unpaired) electrons. The largest absolute Gasteiger partial charge is 0.358 e. The molecule has 0 spiro atoms. The lowest BCUT2D eigenvalue weighted by molar-refractivity contribution is 0.241. The standard InChI is InChI=1S/C14H18ClN3/c1-9-14(13-8-18(2)6-5-16-13)11-7-10(15)3-4-12(11)17-9/h3-4,7,13,16-17H,5-6,8H2,1-2H3. The number of hydrogen-bond donors (Lipinski definition) is 2. The fraction of sp³-hybridized carbons (Fsp3) is 0.429. The normalized spacial score (nSPS) is 21.6. The highest BCUT2D eigenvalue weighted by molar-refractivity contribution is 6.31. The molecule has 0 saturated carbocycles. The molecule has 1 aromatic heterocycles. The van der Waals surface area contributed by atoms with Gasteiger partial charge in [-0.3, -0.25) is 0 Å². The van der Waals surface area contributed by atoms with Gasteiger partial charge in [0.1, 0.15) is 0 Å². The average Bonchev–Trinajstić information content (AvgIpc) is 2.64. The van der Waals surface area contributed by atoms with Gasteiger partial charge in [-0.15, -0.1) is 0 Å². The van der Waals surface area contributed by atoms with Gasteiger partial charge in [0.05, 0.1) is 0 Å². The molecule has 1 aliphatic heterocycles. The molecule has 1 unspecified atom stereocenters. The number of piperazine rings is 1. The predicted octanol–water partition coefficient (Wildman–Crippen LogP) is 2.71. The van der Waals surface area contributed by atoms with Crippen LogP contribution in [0.3, 0.4) is 0 Å². The van der Waals surface area contributed by atoms with Crippen molar-refractivity contribution in [3.8, 4) is 0 Å². The molecule has 2 aromatic rings. The van der Waals surface area contributed by atoms with Crippen LogP contribution >= 0.6 is 11.6 Å². The number of H-pyrrole nitrogens is 1. The number of likely N-dealkylation sites (N-methyl/N-ethyl adjacent to an activating group) is 1. The number of rotatable bonds is 1. The lowest BCUT2D eigenvalue weighted by atomic mass is 10.0.